The minimum atomic E-state index is -0.315. The van der Waals surface area contributed by atoms with E-state index in [1.54, 1.807) is 37.3 Å². The molecular weight excluding hydrogens is 380 g/mol. The van der Waals surface area contributed by atoms with E-state index in [9.17, 15) is 9.59 Å². The van der Waals surface area contributed by atoms with Crippen LogP contribution in [0.1, 0.15) is 41.6 Å². The van der Waals surface area contributed by atoms with Gasteiger partial charge in [0.1, 0.15) is 0 Å². The number of fused-ring (bicyclic) bond motifs is 1. The minimum Gasteiger partial charge on any atom is -0.493 e. The molecule has 0 unspecified atom stereocenters. The van der Waals surface area contributed by atoms with Gasteiger partial charge in [0.05, 0.1) is 26.7 Å². The zero-order valence-electron chi connectivity index (χ0n) is 18.1. The van der Waals surface area contributed by atoms with Gasteiger partial charge in [-0.15, -0.1) is 0 Å². The van der Waals surface area contributed by atoms with Crippen molar-refractivity contribution in [3.8, 4) is 11.5 Å². The molecular formula is C24H28N2O4. The molecule has 30 heavy (non-hydrogen) atoms. The molecule has 158 valence electrons. The topological polar surface area (TPSA) is 59.1 Å². The van der Waals surface area contributed by atoms with Gasteiger partial charge in [0.25, 0.3) is 0 Å². The first-order valence-corrected chi connectivity index (χ1v) is 9.87. The fourth-order valence-corrected chi connectivity index (χ4v) is 3.77. The van der Waals surface area contributed by atoms with E-state index < -0.39 is 0 Å². The van der Waals surface area contributed by atoms with Crippen LogP contribution in [-0.4, -0.2) is 42.9 Å². The third-order valence-corrected chi connectivity index (χ3v) is 5.51. The Morgan fingerprint density at radius 1 is 1.10 bits per heavy atom. The zero-order chi connectivity index (χ0) is 21.8. The molecule has 0 N–H and O–H groups in total. The Kier molecular flexibility index (Phi) is 6.45. The number of hydrogen-bond donors (Lipinski definition) is 0. The van der Waals surface area contributed by atoms with Crippen LogP contribution in [0.4, 0.5) is 0 Å². The molecule has 2 amide bonds. The average Bonchev–Trinajstić information content (AvgIpc) is 2.74. The lowest BCUT2D eigenvalue weighted by Gasteiger charge is -2.33. The standard InChI is InChI=1S/C24H28N2O4/c1-16-12-22(29-4)23(30-5)13-19(16)15-25(3)24(28)14-21-20-9-7-6-8-18(20)10-11-26(21)17(2)27/h6-13,21H,14-15H2,1-5H3/t21-/m1/s1. The van der Waals surface area contributed by atoms with Gasteiger partial charge in [0.15, 0.2) is 11.5 Å². The molecule has 1 atom stereocenters. The lowest BCUT2D eigenvalue weighted by atomic mass is 9.93. The van der Waals surface area contributed by atoms with E-state index in [-0.39, 0.29) is 24.3 Å². The fourth-order valence-electron chi connectivity index (χ4n) is 3.77. The summed E-state index contributed by atoms with van der Waals surface area (Å²) in [4.78, 5) is 28.6. The Hall–Kier alpha value is -3.28. The highest BCUT2D eigenvalue weighted by molar-refractivity contribution is 5.81. The normalized spacial score (nSPS) is 14.8. The zero-order valence-corrected chi connectivity index (χ0v) is 18.1. The molecule has 2 aromatic carbocycles. The molecule has 0 fully saturated rings. The Labute approximate surface area is 177 Å². The van der Waals surface area contributed by atoms with Crippen LogP contribution < -0.4 is 9.47 Å². The Morgan fingerprint density at radius 2 is 1.77 bits per heavy atom. The summed E-state index contributed by atoms with van der Waals surface area (Å²) in [6.45, 7) is 3.94. The maximum atomic E-state index is 13.1. The number of ether oxygens (including phenoxy) is 2. The SMILES string of the molecule is COc1cc(C)c(CN(C)C(=O)C[C@@H]2c3ccccc3C=CN2C(C)=O)cc1OC. The first kappa shape index (κ1) is 21.4. The van der Waals surface area contributed by atoms with Crippen LogP contribution in [0.15, 0.2) is 42.6 Å². The maximum Gasteiger partial charge on any atom is 0.225 e. The molecule has 0 saturated carbocycles. The molecule has 6 nitrogen and oxygen atoms in total. The molecule has 6 heteroatoms. The van der Waals surface area contributed by atoms with Gasteiger partial charge in [0, 0.05) is 26.7 Å². The van der Waals surface area contributed by atoms with E-state index in [1.165, 1.54) is 6.92 Å². The molecule has 0 aromatic heterocycles. The van der Waals surface area contributed by atoms with Crippen molar-refractivity contribution in [1.29, 1.82) is 0 Å². The van der Waals surface area contributed by atoms with Gasteiger partial charge in [-0.2, -0.15) is 0 Å². The molecule has 0 spiro atoms. The van der Waals surface area contributed by atoms with Crippen molar-refractivity contribution in [2.24, 2.45) is 0 Å². The van der Waals surface area contributed by atoms with Gasteiger partial charge in [0.2, 0.25) is 11.8 Å². The molecule has 0 saturated heterocycles. The summed E-state index contributed by atoms with van der Waals surface area (Å²) in [6, 6.07) is 11.4. The number of aryl methyl sites for hydroxylation is 1. The number of carbonyl (C=O) groups is 2. The molecule has 0 radical (unpaired) electrons. The van der Waals surface area contributed by atoms with Gasteiger partial charge in [-0.3, -0.25) is 9.59 Å². The number of benzene rings is 2. The van der Waals surface area contributed by atoms with Gasteiger partial charge >= 0.3 is 0 Å². The van der Waals surface area contributed by atoms with E-state index >= 15 is 0 Å². The summed E-state index contributed by atoms with van der Waals surface area (Å²) >= 11 is 0. The smallest absolute Gasteiger partial charge is 0.225 e. The molecule has 0 aliphatic carbocycles. The van der Waals surface area contributed by atoms with Crippen LogP contribution in [-0.2, 0) is 16.1 Å². The third kappa shape index (κ3) is 4.32. The Bertz CT molecular complexity index is 983. The van der Waals surface area contributed by atoms with Crippen LogP contribution in [0.25, 0.3) is 6.08 Å². The monoisotopic (exact) mass is 408 g/mol. The number of nitrogens with zero attached hydrogens (tertiary/aromatic N) is 2. The molecule has 2 aromatic rings. The molecule has 3 rings (SSSR count). The van der Waals surface area contributed by atoms with Crippen molar-refractivity contribution in [2.75, 3.05) is 21.3 Å². The fraction of sp³-hybridized carbons (Fsp3) is 0.333. The molecule has 1 aliphatic heterocycles. The third-order valence-electron chi connectivity index (χ3n) is 5.51. The Balaban J connectivity index is 1.80. The van der Waals surface area contributed by atoms with Crippen molar-refractivity contribution in [3.05, 3.63) is 64.9 Å². The van der Waals surface area contributed by atoms with Crippen molar-refractivity contribution < 1.29 is 19.1 Å². The predicted octanol–water partition coefficient (Wildman–Crippen LogP) is 3.93. The highest BCUT2D eigenvalue weighted by Gasteiger charge is 2.29. The summed E-state index contributed by atoms with van der Waals surface area (Å²) in [5, 5.41) is 0. The van der Waals surface area contributed by atoms with E-state index in [0.717, 1.165) is 22.3 Å². The number of methoxy groups -OCH3 is 2. The summed E-state index contributed by atoms with van der Waals surface area (Å²) in [5.41, 5.74) is 4.02. The quantitative estimate of drug-likeness (QED) is 0.727. The van der Waals surface area contributed by atoms with Crippen LogP contribution in [0.2, 0.25) is 0 Å². The van der Waals surface area contributed by atoms with E-state index in [0.29, 0.717) is 18.0 Å². The summed E-state index contributed by atoms with van der Waals surface area (Å²) in [5.74, 6) is 1.17. The second kappa shape index (κ2) is 9.03. The summed E-state index contributed by atoms with van der Waals surface area (Å²) in [6.07, 6.45) is 3.89. The highest BCUT2D eigenvalue weighted by atomic mass is 16.5. The number of carbonyl (C=O) groups excluding carboxylic acids is 2. The van der Waals surface area contributed by atoms with Crippen molar-refractivity contribution in [3.63, 3.8) is 0 Å². The maximum absolute atomic E-state index is 13.1. The lowest BCUT2D eigenvalue weighted by Crippen LogP contribution is -2.36. The van der Waals surface area contributed by atoms with Crippen molar-refractivity contribution in [1.82, 2.24) is 9.80 Å². The largest absolute Gasteiger partial charge is 0.493 e. The van der Waals surface area contributed by atoms with Gasteiger partial charge < -0.3 is 19.3 Å². The number of hydrogen-bond acceptors (Lipinski definition) is 4. The molecule has 1 aliphatic rings. The Morgan fingerprint density at radius 3 is 2.43 bits per heavy atom. The lowest BCUT2D eigenvalue weighted by molar-refractivity contribution is -0.134. The van der Waals surface area contributed by atoms with Gasteiger partial charge in [-0.25, -0.2) is 0 Å². The average molecular weight is 408 g/mol. The van der Waals surface area contributed by atoms with Crippen LogP contribution in [0, 0.1) is 6.92 Å². The number of amides is 2. The van der Waals surface area contributed by atoms with Crippen LogP contribution in [0.5, 0.6) is 11.5 Å². The first-order chi connectivity index (χ1) is 14.3. The highest BCUT2D eigenvalue weighted by Crippen LogP contribution is 2.34. The van der Waals surface area contributed by atoms with Gasteiger partial charge in [-0.05, 0) is 47.4 Å². The van der Waals surface area contributed by atoms with E-state index in [4.69, 9.17) is 9.47 Å². The predicted molar refractivity (Wildman–Crippen MR) is 116 cm³/mol. The number of rotatable bonds is 6. The van der Waals surface area contributed by atoms with E-state index in [1.807, 2.05) is 49.4 Å². The van der Waals surface area contributed by atoms with Crippen molar-refractivity contribution >= 4 is 17.9 Å². The van der Waals surface area contributed by atoms with Crippen molar-refractivity contribution in [2.45, 2.75) is 32.9 Å². The second-order valence-corrected chi connectivity index (χ2v) is 7.47. The minimum absolute atomic E-state index is 0.0365. The van der Waals surface area contributed by atoms with Crippen LogP contribution in [0.3, 0.4) is 0 Å². The molecule has 0 bridgehead atoms. The van der Waals surface area contributed by atoms with E-state index in [2.05, 4.69) is 0 Å². The van der Waals surface area contributed by atoms with Gasteiger partial charge in [-0.1, -0.05) is 24.3 Å². The first-order valence-electron chi connectivity index (χ1n) is 9.87. The molecule has 1 heterocycles. The second-order valence-electron chi connectivity index (χ2n) is 7.47. The summed E-state index contributed by atoms with van der Waals surface area (Å²) < 4.78 is 10.7. The summed E-state index contributed by atoms with van der Waals surface area (Å²) in [7, 11) is 4.97. The van der Waals surface area contributed by atoms with Crippen LogP contribution >= 0.6 is 0 Å².